The maximum atomic E-state index is 13.7. The van der Waals surface area contributed by atoms with Crippen molar-refractivity contribution in [3.8, 4) is 22.6 Å². The Bertz CT molecular complexity index is 1930. The molecule has 2 aliphatic heterocycles. The highest BCUT2D eigenvalue weighted by Gasteiger charge is 2.37. The van der Waals surface area contributed by atoms with Crippen LogP contribution in [0.4, 0.5) is 32.0 Å². The second-order valence-corrected chi connectivity index (χ2v) is 14.1. The average molecular weight is 797 g/mol. The van der Waals surface area contributed by atoms with Gasteiger partial charge < -0.3 is 24.8 Å². The number of halogens is 6. The number of thiocarbonyl (C=S) groups is 1. The number of carbonyl (C=O) groups excluding carboxylic acids is 2. The molecule has 18 heteroatoms. The Morgan fingerprint density at radius 1 is 0.907 bits per heavy atom. The smallest absolute Gasteiger partial charge is 0.416 e. The van der Waals surface area contributed by atoms with Crippen LogP contribution in [-0.2, 0) is 21.9 Å². The lowest BCUT2D eigenvalue weighted by molar-refractivity contribution is -0.143. The Balaban J connectivity index is 1.39. The normalized spacial score (nSPS) is 16.6. The van der Waals surface area contributed by atoms with Crippen molar-refractivity contribution in [3.05, 3.63) is 81.8 Å². The maximum Gasteiger partial charge on any atom is 0.416 e. The summed E-state index contributed by atoms with van der Waals surface area (Å²) in [5.74, 6) is -1.94. The number of benzene rings is 3. The summed E-state index contributed by atoms with van der Waals surface area (Å²) in [6, 6.07) is 9.34. The minimum absolute atomic E-state index is 0.0169. The first-order chi connectivity index (χ1) is 25.4. The highest BCUT2D eigenvalue weighted by Crippen LogP contribution is 2.40. The quantitative estimate of drug-likeness (QED) is 0.114. The third kappa shape index (κ3) is 10.1. The Morgan fingerprint density at radius 3 is 2.19 bits per heavy atom. The van der Waals surface area contributed by atoms with Crippen molar-refractivity contribution in [2.45, 2.75) is 18.8 Å². The predicted octanol–water partition coefficient (Wildman–Crippen LogP) is 6.95. The number of carboxylic acids is 1. The fourth-order valence-corrected chi connectivity index (χ4v) is 6.94. The SMILES string of the molecule is COc1cc(C(=O)O)ccc1NC(=O)CCN1C(=O)C(=Cc2cc(-c3cc(C(F)(F)F)cc(C(F)(F)F)c3)ccc2OCCN2CCN(C)CC2)SC1=S. The summed E-state index contributed by atoms with van der Waals surface area (Å²) in [5, 5.41) is 11.8. The Kier molecular flexibility index (Phi) is 12.6. The second kappa shape index (κ2) is 16.8. The van der Waals surface area contributed by atoms with Crippen LogP contribution in [0.5, 0.6) is 11.5 Å². The van der Waals surface area contributed by atoms with E-state index in [-0.39, 0.29) is 74.3 Å². The number of alkyl halides is 6. The molecule has 54 heavy (non-hydrogen) atoms. The molecule has 0 radical (unpaired) electrons. The molecule has 0 spiro atoms. The van der Waals surface area contributed by atoms with Gasteiger partial charge in [0, 0.05) is 51.3 Å². The number of carbonyl (C=O) groups is 3. The number of rotatable bonds is 12. The Morgan fingerprint density at radius 2 is 1.57 bits per heavy atom. The molecule has 2 heterocycles. The maximum absolute atomic E-state index is 13.7. The number of likely N-dealkylation sites (N-methyl/N-ethyl adjacent to an activating group) is 1. The number of nitrogens with one attached hydrogen (secondary N) is 1. The molecule has 0 aromatic heterocycles. The summed E-state index contributed by atoms with van der Waals surface area (Å²) >= 11 is 6.33. The third-order valence-corrected chi connectivity index (χ3v) is 10.0. The molecule has 10 nitrogen and oxygen atoms in total. The van der Waals surface area contributed by atoms with E-state index >= 15 is 0 Å². The van der Waals surface area contributed by atoms with Crippen molar-refractivity contribution in [2.75, 3.05) is 65.3 Å². The summed E-state index contributed by atoms with van der Waals surface area (Å²) in [4.78, 5) is 43.3. The zero-order valence-electron chi connectivity index (χ0n) is 28.8. The van der Waals surface area contributed by atoms with E-state index in [1.165, 1.54) is 54.5 Å². The van der Waals surface area contributed by atoms with Gasteiger partial charge in [-0.05, 0) is 72.8 Å². The third-order valence-electron chi connectivity index (χ3n) is 8.64. The number of amides is 2. The number of carboxylic acid groups (broad SMARTS) is 1. The molecular weight excluding hydrogens is 763 g/mol. The van der Waals surface area contributed by atoms with E-state index in [1.54, 1.807) is 0 Å². The predicted molar refractivity (Wildman–Crippen MR) is 194 cm³/mol. The molecule has 2 aliphatic rings. The highest BCUT2D eigenvalue weighted by atomic mass is 32.2. The topological polar surface area (TPSA) is 112 Å². The van der Waals surface area contributed by atoms with E-state index in [0.717, 1.165) is 37.9 Å². The van der Waals surface area contributed by atoms with Crippen LogP contribution in [0.15, 0.2) is 59.5 Å². The molecule has 2 amide bonds. The van der Waals surface area contributed by atoms with E-state index in [9.17, 15) is 45.8 Å². The minimum atomic E-state index is -5.05. The molecule has 0 aliphatic carbocycles. The van der Waals surface area contributed by atoms with Crippen molar-refractivity contribution in [3.63, 3.8) is 0 Å². The van der Waals surface area contributed by atoms with Gasteiger partial charge in [-0.3, -0.25) is 19.4 Å². The van der Waals surface area contributed by atoms with Crippen molar-refractivity contribution in [1.29, 1.82) is 0 Å². The zero-order valence-corrected chi connectivity index (χ0v) is 30.5. The van der Waals surface area contributed by atoms with Crippen molar-refractivity contribution in [2.24, 2.45) is 0 Å². The van der Waals surface area contributed by atoms with Gasteiger partial charge in [-0.1, -0.05) is 30.0 Å². The average Bonchev–Trinajstić information content (AvgIpc) is 3.38. The molecule has 0 atom stereocenters. The molecule has 3 aromatic carbocycles. The molecule has 0 saturated carbocycles. The lowest BCUT2D eigenvalue weighted by Gasteiger charge is -2.32. The summed E-state index contributed by atoms with van der Waals surface area (Å²) in [5.41, 5.74) is -2.90. The van der Waals surface area contributed by atoms with Gasteiger partial charge in [0.1, 0.15) is 22.4 Å². The number of hydrogen-bond donors (Lipinski definition) is 2. The van der Waals surface area contributed by atoms with Gasteiger partial charge in [0.15, 0.2) is 0 Å². The van der Waals surface area contributed by atoms with E-state index in [4.69, 9.17) is 21.7 Å². The van der Waals surface area contributed by atoms with Crippen LogP contribution in [0.25, 0.3) is 17.2 Å². The number of hydrogen-bond acceptors (Lipinski definition) is 9. The fourth-order valence-electron chi connectivity index (χ4n) is 5.64. The molecule has 0 bridgehead atoms. The van der Waals surface area contributed by atoms with Crippen LogP contribution in [0.3, 0.4) is 0 Å². The molecular formula is C36H34F6N4O6S2. The lowest BCUT2D eigenvalue weighted by Crippen LogP contribution is -2.45. The molecule has 288 valence electrons. The molecule has 0 unspecified atom stereocenters. The van der Waals surface area contributed by atoms with E-state index in [1.807, 2.05) is 7.05 Å². The van der Waals surface area contributed by atoms with Crippen LogP contribution >= 0.6 is 24.0 Å². The van der Waals surface area contributed by atoms with Gasteiger partial charge in [0.2, 0.25) is 5.91 Å². The van der Waals surface area contributed by atoms with Crippen molar-refractivity contribution in [1.82, 2.24) is 14.7 Å². The zero-order chi connectivity index (χ0) is 39.4. The fraction of sp³-hybridized carbons (Fsp3) is 0.333. The van der Waals surface area contributed by atoms with Crippen LogP contribution in [0, 0.1) is 0 Å². The summed E-state index contributed by atoms with van der Waals surface area (Å²) in [6.07, 6.45) is -8.90. The molecule has 2 N–H and O–H groups in total. The number of ether oxygens (including phenoxy) is 2. The number of piperazine rings is 1. The van der Waals surface area contributed by atoms with Crippen LogP contribution in [0.1, 0.15) is 33.5 Å². The van der Waals surface area contributed by atoms with Crippen LogP contribution < -0.4 is 14.8 Å². The van der Waals surface area contributed by atoms with Gasteiger partial charge in [-0.2, -0.15) is 26.3 Å². The van der Waals surface area contributed by atoms with Gasteiger partial charge >= 0.3 is 18.3 Å². The second-order valence-electron chi connectivity index (χ2n) is 12.4. The molecule has 3 aromatic rings. The van der Waals surface area contributed by atoms with Gasteiger partial charge in [0.25, 0.3) is 5.91 Å². The standard InChI is InChI=1S/C36H34F6N4O6S2/c1-44-9-11-45(12-10-44)13-14-52-28-6-4-21(23-16-25(35(37,38)39)20-26(17-23)36(40,41)42)15-24(28)19-30-32(48)46(34(53)54-30)8-7-31(47)43-27-5-3-22(33(49)50)18-29(27)51-2/h3-6,15-20H,7-14H2,1-2H3,(H,43,47)(H,49,50). The Labute approximate surface area is 315 Å². The van der Waals surface area contributed by atoms with Crippen LogP contribution in [0.2, 0.25) is 0 Å². The van der Waals surface area contributed by atoms with E-state index in [2.05, 4.69) is 15.1 Å². The largest absolute Gasteiger partial charge is 0.495 e. The highest BCUT2D eigenvalue weighted by molar-refractivity contribution is 8.26. The Hall–Kier alpha value is -4.65. The summed E-state index contributed by atoms with van der Waals surface area (Å²) in [6.45, 7) is 4.00. The van der Waals surface area contributed by atoms with Gasteiger partial charge in [-0.15, -0.1) is 0 Å². The van der Waals surface area contributed by atoms with Gasteiger partial charge in [0.05, 0.1) is 34.4 Å². The summed E-state index contributed by atoms with van der Waals surface area (Å²) in [7, 11) is 3.32. The monoisotopic (exact) mass is 796 g/mol. The minimum Gasteiger partial charge on any atom is -0.495 e. The number of nitrogens with zero attached hydrogens (tertiary/aromatic N) is 3. The summed E-state index contributed by atoms with van der Waals surface area (Å²) < 4.78 is 93.5. The number of aromatic carboxylic acids is 1. The van der Waals surface area contributed by atoms with Crippen molar-refractivity contribution < 1.29 is 55.3 Å². The molecule has 5 rings (SSSR count). The van der Waals surface area contributed by atoms with Crippen LogP contribution in [-0.4, -0.2) is 102 Å². The van der Waals surface area contributed by atoms with E-state index in [0.29, 0.717) is 18.7 Å². The number of anilines is 1. The van der Waals surface area contributed by atoms with E-state index < -0.39 is 41.3 Å². The van der Waals surface area contributed by atoms with Gasteiger partial charge in [-0.25, -0.2) is 4.79 Å². The number of thioether (sulfide) groups is 1. The first-order valence-electron chi connectivity index (χ1n) is 16.4. The first kappa shape index (κ1) is 40.5. The number of methoxy groups -OCH3 is 1. The van der Waals surface area contributed by atoms with Crippen molar-refractivity contribution >= 4 is 57.8 Å². The lowest BCUT2D eigenvalue weighted by atomic mass is 9.97. The molecule has 2 fully saturated rings. The first-order valence-corrected chi connectivity index (χ1v) is 17.6. The molecule has 2 saturated heterocycles.